The van der Waals surface area contributed by atoms with Gasteiger partial charge in [-0.25, -0.2) is 0 Å². The van der Waals surface area contributed by atoms with Crippen molar-refractivity contribution < 1.29 is 28.7 Å². The van der Waals surface area contributed by atoms with E-state index in [0.717, 1.165) is 89.9 Å². The zero-order valence-corrected chi connectivity index (χ0v) is 31.6. The largest absolute Gasteiger partial charge is 0.469 e. The van der Waals surface area contributed by atoms with Crippen LogP contribution in [0.3, 0.4) is 0 Å². The molecule has 4 saturated carbocycles. The van der Waals surface area contributed by atoms with E-state index in [1.165, 1.54) is 19.6 Å². The molecule has 48 heavy (non-hydrogen) atoms. The molecule has 7 heteroatoms. The molecule has 0 aromatic heterocycles. The van der Waals surface area contributed by atoms with Crippen LogP contribution in [0.5, 0.6) is 0 Å². The summed E-state index contributed by atoms with van der Waals surface area (Å²) in [6, 6.07) is 0. The maximum absolute atomic E-state index is 14.7. The molecule has 0 aromatic carbocycles. The zero-order valence-electron chi connectivity index (χ0n) is 31.6. The fraction of sp³-hybridized carbons (Fsp3) is 0.854. The lowest BCUT2D eigenvalue weighted by atomic mass is 9.33. The molecule has 0 saturated heterocycles. The van der Waals surface area contributed by atoms with Crippen molar-refractivity contribution in [1.29, 1.82) is 0 Å². The van der Waals surface area contributed by atoms with Crippen LogP contribution < -0.4 is 5.32 Å². The summed E-state index contributed by atoms with van der Waals surface area (Å²) in [5, 5.41) is 3.29. The van der Waals surface area contributed by atoms with E-state index in [0.29, 0.717) is 24.7 Å². The van der Waals surface area contributed by atoms with Crippen molar-refractivity contribution in [3.8, 4) is 0 Å². The number of amides is 1. The van der Waals surface area contributed by atoms with Crippen LogP contribution in [0, 0.1) is 50.2 Å². The van der Waals surface area contributed by atoms with Crippen LogP contribution in [0.25, 0.3) is 0 Å². The SMILES string of the molecule is COC(=O)CCCCCCCNC(=O)[C@@]1(C)CC[C@]2(C)CC[C@]3(C)C(=CC(=O)[C@@H]4[C@@]5(C)CC[C@H](OC(C)=O)C(C)(C)[C@@H]5CC[C@]43C)[C@@H]2C1. The maximum Gasteiger partial charge on any atom is 0.305 e. The minimum atomic E-state index is -0.451. The second-order valence-corrected chi connectivity index (χ2v) is 18.6. The van der Waals surface area contributed by atoms with E-state index in [4.69, 9.17) is 9.47 Å². The van der Waals surface area contributed by atoms with Crippen molar-refractivity contribution in [2.45, 2.75) is 158 Å². The molecule has 4 fully saturated rings. The highest BCUT2D eigenvalue weighted by molar-refractivity contribution is 5.95. The summed E-state index contributed by atoms with van der Waals surface area (Å²) < 4.78 is 10.6. The van der Waals surface area contributed by atoms with E-state index < -0.39 is 5.41 Å². The molecule has 0 unspecified atom stereocenters. The first kappa shape index (κ1) is 37.1. The Morgan fingerprint density at radius 2 is 1.52 bits per heavy atom. The Kier molecular flexibility index (Phi) is 10.2. The van der Waals surface area contributed by atoms with Gasteiger partial charge < -0.3 is 14.8 Å². The van der Waals surface area contributed by atoms with Gasteiger partial charge in [-0.05, 0) is 110 Å². The van der Waals surface area contributed by atoms with Gasteiger partial charge in [-0.1, -0.05) is 73.3 Å². The predicted molar refractivity (Wildman–Crippen MR) is 188 cm³/mol. The van der Waals surface area contributed by atoms with Gasteiger partial charge in [0.15, 0.2) is 5.78 Å². The monoisotopic (exact) mass is 667 g/mol. The molecule has 5 rings (SSSR count). The number of unbranched alkanes of at least 4 members (excludes halogenated alkanes) is 4. The van der Waals surface area contributed by atoms with Crippen LogP contribution in [-0.4, -0.2) is 43.4 Å². The molecule has 7 nitrogen and oxygen atoms in total. The molecule has 9 atom stereocenters. The molecule has 0 aliphatic heterocycles. The van der Waals surface area contributed by atoms with Crippen LogP contribution in [-0.2, 0) is 28.7 Å². The molecule has 270 valence electrons. The Labute approximate surface area is 290 Å². The van der Waals surface area contributed by atoms with Gasteiger partial charge >= 0.3 is 11.9 Å². The Bertz CT molecular complexity index is 1320. The number of nitrogens with one attached hydrogen (secondary N) is 1. The minimum Gasteiger partial charge on any atom is -0.469 e. The van der Waals surface area contributed by atoms with E-state index >= 15 is 0 Å². The van der Waals surface area contributed by atoms with Crippen molar-refractivity contribution in [2.24, 2.45) is 50.2 Å². The highest BCUT2D eigenvalue weighted by Gasteiger charge is 2.70. The number of carbonyl (C=O) groups excluding carboxylic acids is 4. The highest BCUT2D eigenvalue weighted by Crippen LogP contribution is 2.75. The number of fused-ring (bicyclic) bond motifs is 7. The lowest BCUT2D eigenvalue weighted by molar-refractivity contribution is -0.210. The second kappa shape index (κ2) is 13.2. The number of hydrogen-bond donors (Lipinski definition) is 1. The molecule has 5 aliphatic rings. The summed E-state index contributed by atoms with van der Waals surface area (Å²) in [4.78, 5) is 51.8. The lowest BCUT2D eigenvalue weighted by Crippen LogP contribution is -2.66. The third-order valence-corrected chi connectivity index (χ3v) is 15.4. The van der Waals surface area contributed by atoms with Gasteiger partial charge in [-0.15, -0.1) is 0 Å². The average Bonchev–Trinajstić information content (AvgIpc) is 3.01. The van der Waals surface area contributed by atoms with Crippen molar-refractivity contribution in [3.63, 3.8) is 0 Å². The summed E-state index contributed by atoms with van der Waals surface area (Å²) in [6.45, 7) is 18.6. The Balaban J connectivity index is 1.32. The topological polar surface area (TPSA) is 98.8 Å². The molecule has 0 spiro atoms. The Morgan fingerprint density at radius 1 is 0.854 bits per heavy atom. The maximum atomic E-state index is 14.7. The van der Waals surface area contributed by atoms with Crippen LogP contribution in [0.4, 0.5) is 0 Å². The lowest BCUT2D eigenvalue weighted by Gasteiger charge is -2.70. The molecular weight excluding hydrogens is 602 g/mol. The molecule has 1 N–H and O–H groups in total. The number of ether oxygens (including phenoxy) is 2. The highest BCUT2D eigenvalue weighted by atomic mass is 16.5. The fourth-order valence-corrected chi connectivity index (χ4v) is 12.2. The number of hydrogen-bond acceptors (Lipinski definition) is 6. The molecule has 0 bridgehead atoms. The zero-order chi connectivity index (χ0) is 35.3. The van der Waals surface area contributed by atoms with E-state index in [1.54, 1.807) is 0 Å². The number of allylic oxidation sites excluding steroid dienone is 2. The van der Waals surface area contributed by atoms with Gasteiger partial charge in [0.2, 0.25) is 5.91 Å². The molecule has 5 aliphatic carbocycles. The summed E-state index contributed by atoms with van der Waals surface area (Å²) in [5.74, 6) is 0.565. The quantitative estimate of drug-likeness (QED) is 0.185. The first-order chi connectivity index (χ1) is 22.4. The molecule has 0 radical (unpaired) electrons. The molecular formula is C41H65NO6. The van der Waals surface area contributed by atoms with E-state index in [9.17, 15) is 19.2 Å². The predicted octanol–water partition coefficient (Wildman–Crippen LogP) is 8.53. The van der Waals surface area contributed by atoms with Crippen molar-refractivity contribution in [2.75, 3.05) is 13.7 Å². The smallest absolute Gasteiger partial charge is 0.305 e. The van der Waals surface area contributed by atoms with E-state index in [-0.39, 0.29) is 62.9 Å². The van der Waals surface area contributed by atoms with Crippen LogP contribution in [0.1, 0.15) is 152 Å². The standard InChI is InChI=1S/C41H65NO6/c1-27(43)48-32-17-18-39(6)31(36(32,2)3)16-19-41(8)34(39)30(44)25-28-29-26-38(5,21-20-37(29,4)22-23-40(28,41)7)35(46)42-24-14-12-10-11-13-15-33(45)47-9/h25,29,31-32,34H,10-24,26H2,1-9H3,(H,42,46)/t29-,31-,32-,34+,37+,38-,39-,40+,41+/m0/s1. The Hall–Kier alpha value is -2.18. The number of methoxy groups -OCH3 is 1. The molecule has 0 heterocycles. The minimum absolute atomic E-state index is 0.0573. The van der Waals surface area contributed by atoms with Gasteiger partial charge in [0.25, 0.3) is 0 Å². The second-order valence-electron chi connectivity index (χ2n) is 18.6. The third kappa shape index (κ3) is 6.09. The van der Waals surface area contributed by atoms with Crippen molar-refractivity contribution in [1.82, 2.24) is 5.32 Å². The van der Waals surface area contributed by atoms with E-state index in [2.05, 4.69) is 59.9 Å². The van der Waals surface area contributed by atoms with Gasteiger partial charge in [-0.3, -0.25) is 19.2 Å². The number of rotatable bonds is 10. The summed E-state index contributed by atoms with van der Waals surface area (Å²) >= 11 is 0. The van der Waals surface area contributed by atoms with Gasteiger partial charge in [0, 0.05) is 36.6 Å². The normalized spacial score (nSPS) is 41.4. The fourth-order valence-electron chi connectivity index (χ4n) is 12.2. The Morgan fingerprint density at radius 3 is 2.21 bits per heavy atom. The average molecular weight is 668 g/mol. The first-order valence-electron chi connectivity index (χ1n) is 19.2. The van der Waals surface area contributed by atoms with Gasteiger partial charge in [0.1, 0.15) is 6.10 Å². The van der Waals surface area contributed by atoms with Gasteiger partial charge in [-0.2, -0.15) is 0 Å². The van der Waals surface area contributed by atoms with Crippen LogP contribution in [0.2, 0.25) is 0 Å². The summed E-state index contributed by atoms with van der Waals surface area (Å²) in [7, 11) is 1.43. The van der Waals surface area contributed by atoms with Gasteiger partial charge in [0.05, 0.1) is 7.11 Å². The molecule has 0 aromatic rings. The number of carbonyl (C=O) groups is 4. The number of esters is 2. The summed E-state index contributed by atoms with van der Waals surface area (Å²) in [5.41, 5.74) is 0.386. The van der Waals surface area contributed by atoms with Crippen LogP contribution in [0.15, 0.2) is 11.6 Å². The van der Waals surface area contributed by atoms with Crippen molar-refractivity contribution in [3.05, 3.63) is 11.6 Å². The molecule has 1 amide bonds. The number of ketones is 1. The van der Waals surface area contributed by atoms with Crippen LogP contribution >= 0.6 is 0 Å². The first-order valence-corrected chi connectivity index (χ1v) is 19.2. The third-order valence-electron chi connectivity index (χ3n) is 15.4. The summed E-state index contributed by atoms with van der Waals surface area (Å²) in [6.07, 6.45) is 16.0. The van der Waals surface area contributed by atoms with Crippen molar-refractivity contribution >= 4 is 23.6 Å². The van der Waals surface area contributed by atoms with E-state index in [1.807, 2.05) is 0 Å².